The average molecular weight is 672 g/mol. The van der Waals surface area contributed by atoms with E-state index in [0.29, 0.717) is 0 Å². The minimum atomic E-state index is -1.73. The zero-order valence-corrected chi connectivity index (χ0v) is 31.6. The lowest BCUT2D eigenvalue weighted by molar-refractivity contribution is -0.148. The van der Waals surface area contributed by atoms with Crippen molar-refractivity contribution in [1.29, 1.82) is 0 Å². The van der Waals surface area contributed by atoms with E-state index in [9.17, 15) is 0 Å². The van der Waals surface area contributed by atoms with Gasteiger partial charge in [-0.25, -0.2) is 0 Å². The van der Waals surface area contributed by atoms with Gasteiger partial charge in [0.1, 0.15) is 23.2 Å². The fraction of sp³-hybridized carbons (Fsp3) is 0.556. The molecule has 0 radical (unpaired) electrons. The predicted molar refractivity (Wildman–Crippen MR) is 214 cm³/mol. The van der Waals surface area contributed by atoms with E-state index in [4.69, 9.17) is 9.47 Å². The molecule has 3 aromatic rings. The Hall–Kier alpha value is -2.25. The normalized spacial score (nSPS) is 12.0. The van der Waals surface area contributed by atoms with Crippen LogP contribution in [-0.2, 0) is 9.47 Å². The monoisotopic (exact) mass is 671 g/mol. The SMILES string of the molecule is CCCCCCCCOC(CCCCC/C=C/CCC[P+](c1ccccc1)(c1ccccc1)c1ccccc1)OCCCCCCCC. The summed E-state index contributed by atoms with van der Waals surface area (Å²) in [6.07, 6.45) is 29.8. The van der Waals surface area contributed by atoms with Gasteiger partial charge in [0.15, 0.2) is 6.29 Å². The second kappa shape index (κ2) is 26.6. The molecule has 0 saturated carbocycles. The second-order valence-electron chi connectivity index (χ2n) is 13.5. The molecule has 0 aromatic heterocycles. The molecule has 0 fully saturated rings. The van der Waals surface area contributed by atoms with Gasteiger partial charge in [0, 0.05) is 13.2 Å². The van der Waals surface area contributed by atoms with Crippen LogP contribution in [0.15, 0.2) is 103 Å². The molecule has 0 bridgehead atoms. The van der Waals surface area contributed by atoms with Crippen LogP contribution in [-0.4, -0.2) is 25.7 Å². The van der Waals surface area contributed by atoms with Gasteiger partial charge in [0.2, 0.25) is 0 Å². The van der Waals surface area contributed by atoms with Gasteiger partial charge in [-0.2, -0.15) is 0 Å². The first-order valence-corrected chi connectivity index (χ1v) is 21.7. The van der Waals surface area contributed by atoms with Gasteiger partial charge in [-0.15, -0.1) is 0 Å². The van der Waals surface area contributed by atoms with Crippen molar-refractivity contribution in [3.63, 3.8) is 0 Å². The molecule has 0 atom stereocenters. The smallest absolute Gasteiger partial charge is 0.157 e. The van der Waals surface area contributed by atoms with E-state index < -0.39 is 7.26 Å². The third-order valence-electron chi connectivity index (χ3n) is 9.54. The quantitative estimate of drug-likeness (QED) is 0.0316. The first-order valence-electron chi connectivity index (χ1n) is 19.7. The lowest BCUT2D eigenvalue weighted by Gasteiger charge is -2.27. The summed E-state index contributed by atoms with van der Waals surface area (Å²) in [4.78, 5) is 0. The van der Waals surface area contributed by atoms with Crippen LogP contribution in [0.4, 0.5) is 0 Å². The molecule has 264 valence electrons. The molecular formula is C45H68O2P+. The Morgan fingerprint density at radius 1 is 0.458 bits per heavy atom. The minimum Gasteiger partial charge on any atom is -0.353 e. The Bertz CT molecular complexity index is 1050. The number of allylic oxidation sites excluding steroid dienone is 2. The average Bonchev–Trinajstić information content (AvgIpc) is 3.14. The molecule has 48 heavy (non-hydrogen) atoms. The molecule has 0 unspecified atom stereocenters. The third-order valence-corrected chi connectivity index (χ3v) is 14.1. The summed E-state index contributed by atoms with van der Waals surface area (Å²) in [5.41, 5.74) is 0. The van der Waals surface area contributed by atoms with Crippen molar-refractivity contribution >= 4 is 23.2 Å². The molecule has 0 aliphatic carbocycles. The lowest BCUT2D eigenvalue weighted by Crippen LogP contribution is -2.33. The van der Waals surface area contributed by atoms with E-state index in [0.717, 1.165) is 45.3 Å². The Kier molecular flexibility index (Phi) is 22.3. The van der Waals surface area contributed by atoms with Crippen molar-refractivity contribution in [3.8, 4) is 0 Å². The summed E-state index contributed by atoms with van der Waals surface area (Å²) in [6.45, 7) is 6.25. The topological polar surface area (TPSA) is 18.5 Å². The molecule has 2 nitrogen and oxygen atoms in total. The molecule has 0 spiro atoms. The van der Waals surface area contributed by atoms with Crippen LogP contribution in [0.5, 0.6) is 0 Å². The van der Waals surface area contributed by atoms with E-state index >= 15 is 0 Å². The van der Waals surface area contributed by atoms with Gasteiger partial charge >= 0.3 is 0 Å². The highest BCUT2D eigenvalue weighted by Gasteiger charge is 2.44. The Labute approximate surface area is 296 Å². The fourth-order valence-electron chi connectivity index (χ4n) is 6.72. The summed E-state index contributed by atoms with van der Waals surface area (Å²) in [5.74, 6) is 0. The van der Waals surface area contributed by atoms with Crippen LogP contribution >= 0.6 is 7.26 Å². The summed E-state index contributed by atoms with van der Waals surface area (Å²) < 4.78 is 12.5. The number of hydrogen-bond donors (Lipinski definition) is 0. The zero-order valence-electron chi connectivity index (χ0n) is 30.7. The maximum absolute atomic E-state index is 6.26. The van der Waals surface area contributed by atoms with E-state index in [-0.39, 0.29) is 6.29 Å². The van der Waals surface area contributed by atoms with Gasteiger partial charge in [-0.3, -0.25) is 0 Å². The predicted octanol–water partition coefficient (Wildman–Crippen LogP) is 12.3. The maximum atomic E-state index is 6.26. The molecule has 0 N–H and O–H groups in total. The highest BCUT2D eigenvalue weighted by molar-refractivity contribution is 7.95. The van der Waals surface area contributed by atoms with E-state index in [2.05, 4.69) is 117 Å². The molecular weight excluding hydrogens is 603 g/mol. The summed E-state index contributed by atoms with van der Waals surface area (Å²) in [6, 6.07) is 33.8. The van der Waals surface area contributed by atoms with Crippen LogP contribution in [0.2, 0.25) is 0 Å². The van der Waals surface area contributed by atoms with Crippen LogP contribution < -0.4 is 15.9 Å². The van der Waals surface area contributed by atoms with E-state index in [1.54, 1.807) is 0 Å². The van der Waals surface area contributed by atoms with Crippen molar-refractivity contribution in [2.75, 3.05) is 19.4 Å². The van der Waals surface area contributed by atoms with Crippen molar-refractivity contribution in [1.82, 2.24) is 0 Å². The molecule has 0 aliphatic rings. The number of unbranched alkanes of at least 4 members (excludes halogenated alkanes) is 14. The van der Waals surface area contributed by atoms with Gasteiger partial charge in [0.25, 0.3) is 0 Å². The number of rotatable bonds is 29. The van der Waals surface area contributed by atoms with Gasteiger partial charge in [-0.1, -0.05) is 151 Å². The molecule has 0 amide bonds. The van der Waals surface area contributed by atoms with Crippen molar-refractivity contribution in [2.24, 2.45) is 0 Å². The Morgan fingerprint density at radius 3 is 1.31 bits per heavy atom. The summed E-state index contributed by atoms with van der Waals surface area (Å²) >= 11 is 0. The summed E-state index contributed by atoms with van der Waals surface area (Å²) in [7, 11) is -1.73. The first kappa shape index (κ1) is 40.2. The minimum absolute atomic E-state index is 0.0192. The molecule has 0 aliphatic heterocycles. The first-order chi connectivity index (χ1) is 23.8. The van der Waals surface area contributed by atoms with Crippen LogP contribution in [0, 0.1) is 0 Å². The van der Waals surface area contributed by atoms with Gasteiger partial charge in [-0.05, 0) is 87.8 Å². The largest absolute Gasteiger partial charge is 0.353 e. The van der Waals surface area contributed by atoms with Crippen molar-refractivity contribution in [3.05, 3.63) is 103 Å². The van der Waals surface area contributed by atoms with Crippen molar-refractivity contribution in [2.45, 2.75) is 142 Å². The standard InChI is InChI=1S/C45H68O2P/c1-3-5-7-9-16-29-39-46-45(47-40-30-17-10-8-6-4-2)38-28-15-13-11-12-14-18-31-41-48(42-32-22-19-23-33-42,43-34-24-20-25-35-43)44-36-26-21-27-37-44/h12,14,19-27,32-37,45H,3-11,13,15-18,28-31,38-41H2,1-2H3/q+1/b14-12+. The number of benzene rings is 3. The van der Waals surface area contributed by atoms with E-state index in [1.807, 2.05) is 0 Å². The van der Waals surface area contributed by atoms with Crippen molar-refractivity contribution < 1.29 is 9.47 Å². The van der Waals surface area contributed by atoms with Crippen LogP contribution in [0.25, 0.3) is 0 Å². The molecule has 3 aromatic carbocycles. The Morgan fingerprint density at radius 2 is 0.854 bits per heavy atom. The lowest BCUT2D eigenvalue weighted by atomic mass is 10.1. The zero-order chi connectivity index (χ0) is 33.8. The molecule has 3 heteroatoms. The summed E-state index contributed by atoms with van der Waals surface area (Å²) in [5, 5.41) is 4.45. The second-order valence-corrected chi connectivity index (χ2v) is 17.1. The number of hydrogen-bond acceptors (Lipinski definition) is 2. The van der Waals surface area contributed by atoms with Gasteiger partial charge in [0.05, 0.1) is 6.16 Å². The molecule has 0 heterocycles. The molecule has 3 rings (SSSR count). The third kappa shape index (κ3) is 15.5. The molecule has 0 saturated heterocycles. The number of ether oxygens (including phenoxy) is 2. The maximum Gasteiger partial charge on any atom is 0.157 e. The van der Waals surface area contributed by atoms with Crippen LogP contribution in [0.1, 0.15) is 136 Å². The fourth-order valence-corrected chi connectivity index (χ4v) is 11.1. The highest BCUT2D eigenvalue weighted by atomic mass is 31.2. The van der Waals surface area contributed by atoms with E-state index in [1.165, 1.54) is 112 Å². The van der Waals surface area contributed by atoms with Gasteiger partial charge < -0.3 is 9.47 Å². The van der Waals surface area contributed by atoms with Crippen LogP contribution in [0.3, 0.4) is 0 Å². The highest BCUT2D eigenvalue weighted by Crippen LogP contribution is 2.55. The Balaban J connectivity index is 1.41.